The van der Waals surface area contributed by atoms with Crippen molar-refractivity contribution < 1.29 is 9.53 Å². The lowest BCUT2D eigenvalue weighted by Gasteiger charge is -2.26. The van der Waals surface area contributed by atoms with Crippen molar-refractivity contribution in [1.82, 2.24) is 15.2 Å². The predicted octanol–water partition coefficient (Wildman–Crippen LogP) is 1.62. The number of nitrogens with zero attached hydrogens (tertiary/aromatic N) is 2. The largest absolute Gasteiger partial charge is 0.378 e. The fraction of sp³-hybridized carbons (Fsp3) is 0.647. The number of carbonyl (C=O) groups excluding carboxylic acids is 1. The maximum absolute atomic E-state index is 12.3. The third-order valence-corrected chi connectivity index (χ3v) is 5.05. The van der Waals surface area contributed by atoms with E-state index in [-0.39, 0.29) is 17.9 Å². The first-order chi connectivity index (χ1) is 10.7. The van der Waals surface area contributed by atoms with E-state index in [0.717, 1.165) is 25.9 Å². The van der Waals surface area contributed by atoms with Gasteiger partial charge in [0.2, 0.25) is 5.91 Å². The zero-order chi connectivity index (χ0) is 15.5. The minimum Gasteiger partial charge on any atom is -0.378 e. The quantitative estimate of drug-likeness (QED) is 0.918. The first-order valence-electron chi connectivity index (χ1n) is 8.16. The molecule has 5 nitrogen and oxygen atoms in total. The Kier molecular flexibility index (Phi) is 4.74. The molecule has 2 aliphatic heterocycles. The van der Waals surface area contributed by atoms with Gasteiger partial charge in [0.15, 0.2) is 0 Å². The van der Waals surface area contributed by atoms with Gasteiger partial charge in [-0.25, -0.2) is 0 Å². The van der Waals surface area contributed by atoms with Gasteiger partial charge in [0.05, 0.1) is 12.0 Å². The van der Waals surface area contributed by atoms with Gasteiger partial charge >= 0.3 is 0 Å². The molecule has 0 bridgehead atoms. The Morgan fingerprint density at radius 2 is 2.36 bits per heavy atom. The van der Waals surface area contributed by atoms with Crippen molar-refractivity contribution in [2.75, 3.05) is 26.7 Å². The third-order valence-electron chi connectivity index (χ3n) is 5.05. The van der Waals surface area contributed by atoms with Crippen molar-refractivity contribution in [1.29, 1.82) is 0 Å². The van der Waals surface area contributed by atoms with E-state index in [9.17, 15) is 4.79 Å². The number of nitrogens with one attached hydrogen (secondary N) is 1. The third kappa shape index (κ3) is 3.15. The molecule has 2 saturated heterocycles. The van der Waals surface area contributed by atoms with E-state index in [0.29, 0.717) is 18.6 Å². The van der Waals surface area contributed by atoms with Gasteiger partial charge in [-0.3, -0.25) is 14.7 Å². The molecule has 22 heavy (non-hydrogen) atoms. The van der Waals surface area contributed by atoms with Gasteiger partial charge in [-0.2, -0.15) is 0 Å². The molecule has 1 aromatic heterocycles. The molecule has 0 aliphatic carbocycles. The van der Waals surface area contributed by atoms with Crippen LogP contribution in [0.5, 0.6) is 0 Å². The summed E-state index contributed by atoms with van der Waals surface area (Å²) in [5.74, 6) is 0.594. The molecule has 1 amide bonds. The van der Waals surface area contributed by atoms with Crippen molar-refractivity contribution in [3.63, 3.8) is 0 Å². The smallest absolute Gasteiger partial charge is 0.225 e. The van der Waals surface area contributed by atoms with E-state index < -0.39 is 0 Å². The Hall–Kier alpha value is -1.46. The minimum absolute atomic E-state index is 0.0102. The van der Waals surface area contributed by atoms with E-state index in [1.807, 2.05) is 19.2 Å². The Morgan fingerprint density at radius 1 is 1.50 bits per heavy atom. The second-order valence-electron chi connectivity index (χ2n) is 6.48. The Morgan fingerprint density at radius 3 is 3.05 bits per heavy atom. The summed E-state index contributed by atoms with van der Waals surface area (Å²) in [6.07, 6.45) is 5.72. The van der Waals surface area contributed by atoms with Gasteiger partial charge in [-0.1, -0.05) is 6.07 Å². The summed E-state index contributed by atoms with van der Waals surface area (Å²) in [7, 11) is 2.15. The van der Waals surface area contributed by atoms with Crippen molar-refractivity contribution in [2.24, 2.45) is 11.8 Å². The van der Waals surface area contributed by atoms with Crippen LogP contribution in [-0.4, -0.2) is 48.6 Å². The molecule has 2 fully saturated rings. The molecule has 1 aromatic rings. The van der Waals surface area contributed by atoms with Gasteiger partial charge in [-0.15, -0.1) is 0 Å². The number of rotatable bonds is 4. The number of carbonyl (C=O) groups is 1. The van der Waals surface area contributed by atoms with E-state index in [1.54, 1.807) is 6.20 Å². The maximum atomic E-state index is 12.3. The summed E-state index contributed by atoms with van der Waals surface area (Å²) in [6.45, 7) is 4.47. The number of pyridine rings is 1. The predicted molar refractivity (Wildman–Crippen MR) is 84.2 cm³/mol. The van der Waals surface area contributed by atoms with Crippen LogP contribution < -0.4 is 5.32 Å². The van der Waals surface area contributed by atoms with Gasteiger partial charge in [0.1, 0.15) is 0 Å². The van der Waals surface area contributed by atoms with E-state index in [2.05, 4.69) is 28.3 Å². The van der Waals surface area contributed by atoms with E-state index in [4.69, 9.17) is 4.74 Å². The van der Waals surface area contributed by atoms with Gasteiger partial charge in [-0.05, 0) is 50.9 Å². The number of ether oxygens (including phenoxy) is 1. The zero-order valence-corrected chi connectivity index (χ0v) is 13.4. The Bertz CT molecular complexity index is 508. The molecule has 1 N–H and O–H groups in total. The average Bonchev–Trinajstić information content (AvgIpc) is 3.11. The molecule has 5 heteroatoms. The second kappa shape index (κ2) is 6.75. The highest BCUT2D eigenvalue weighted by Crippen LogP contribution is 2.35. The maximum Gasteiger partial charge on any atom is 0.225 e. The standard InChI is InChI=1S/C17H25N3O2/c1-12-15(6-9-22-12)17(21)19-11-14-5-8-20(2)16(14)13-4-3-7-18-10-13/h3-4,7,10,12,14-16H,5-6,8-9,11H2,1-2H3,(H,19,21)/t12-,14-,15+,16-/m0/s1. The summed E-state index contributed by atoms with van der Waals surface area (Å²) >= 11 is 0. The lowest BCUT2D eigenvalue weighted by Crippen LogP contribution is -2.38. The fourth-order valence-electron chi connectivity index (χ4n) is 3.76. The molecule has 0 unspecified atom stereocenters. The highest BCUT2D eigenvalue weighted by molar-refractivity contribution is 5.79. The van der Waals surface area contributed by atoms with Crippen molar-refractivity contribution in [3.8, 4) is 0 Å². The summed E-state index contributed by atoms with van der Waals surface area (Å²) in [5.41, 5.74) is 1.24. The number of amides is 1. The SMILES string of the molecule is C[C@@H]1OCC[C@H]1C(=O)NC[C@@H]1CCN(C)[C@H]1c1cccnc1. The van der Waals surface area contributed by atoms with Gasteiger partial charge < -0.3 is 10.1 Å². The van der Waals surface area contributed by atoms with Crippen LogP contribution in [0.3, 0.4) is 0 Å². The monoisotopic (exact) mass is 303 g/mol. The molecule has 0 aromatic carbocycles. The van der Waals surface area contributed by atoms with Crippen LogP contribution in [-0.2, 0) is 9.53 Å². The summed E-state index contributed by atoms with van der Waals surface area (Å²) in [5, 5.41) is 3.15. The van der Waals surface area contributed by atoms with Crippen molar-refractivity contribution in [2.45, 2.75) is 31.9 Å². The minimum atomic E-state index is 0.0102. The highest BCUT2D eigenvalue weighted by atomic mass is 16.5. The number of likely N-dealkylation sites (tertiary alicyclic amines) is 1. The van der Waals surface area contributed by atoms with Crippen LogP contribution in [0.25, 0.3) is 0 Å². The summed E-state index contributed by atoms with van der Waals surface area (Å²) < 4.78 is 5.49. The van der Waals surface area contributed by atoms with Gasteiger partial charge in [0, 0.05) is 31.6 Å². The first kappa shape index (κ1) is 15.4. The molecule has 0 saturated carbocycles. The summed E-state index contributed by atoms with van der Waals surface area (Å²) in [6, 6.07) is 4.45. The van der Waals surface area contributed by atoms with Crippen LogP contribution in [0.1, 0.15) is 31.4 Å². The first-order valence-corrected chi connectivity index (χ1v) is 8.16. The summed E-state index contributed by atoms with van der Waals surface area (Å²) in [4.78, 5) is 18.9. The van der Waals surface area contributed by atoms with Crippen LogP contribution in [0.4, 0.5) is 0 Å². The molecular weight excluding hydrogens is 278 g/mol. The molecule has 4 atom stereocenters. The molecule has 0 radical (unpaired) electrons. The molecular formula is C17H25N3O2. The van der Waals surface area contributed by atoms with E-state index in [1.165, 1.54) is 5.56 Å². The van der Waals surface area contributed by atoms with Crippen LogP contribution in [0.2, 0.25) is 0 Å². The van der Waals surface area contributed by atoms with Crippen molar-refractivity contribution in [3.05, 3.63) is 30.1 Å². The molecule has 120 valence electrons. The molecule has 0 spiro atoms. The molecule has 2 aliphatic rings. The lowest BCUT2D eigenvalue weighted by atomic mass is 9.94. The fourth-order valence-corrected chi connectivity index (χ4v) is 3.76. The normalized spacial score (nSPS) is 32.3. The van der Waals surface area contributed by atoms with Crippen molar-refractivity contribution >= 4 is 5.91 Å². The van der Waals surface area contributed by atoms with Crippen LogP contribution in [0.15, 0.2) is 24.5 Å². The number of hydrogen-bond acceptors (Lipinski definition) is 4. The van der Waals surface area contributed by atoms with Crippen LogP contribution >= 0.6 is 0 Å². The lowest BCUT2D eigenvalue weighted by molar-refractivity contribution is -0.126. The highest BCUT2D eigenvalue weighted by Gasteiger charge is 2.35. The number of hydrogen-bond donors (Lipinski definition) is 1. The topological polar surface area (TPSA) is 54.5 Å². The molecule has 3 heterocycles. The molecule has 3 rings (SSSR count). The van der Waals surface area contributed by atoms with E-state index >= 15 is 0 Å². The zero-order valence-electron chi connectivity index (χ0n) is 13.4. The average molecular weight is 303 g/mol. The Balaban J connectivity index is 1.60. The Labute approximate surface area is 132 Å². The second-order valence-corrected chi connectivity index (χ2v) is 6.48. The number of aromatic nitrogens is 1. The van der Waals surface area contributed by atoms with Crippen LogP contribution in [0, 0.1) is 11.8 Å². The van der Waals surface area contributed by atoms with Gasteiger partial charge in [0.25, 0.3) is 0 Å².